The van der Waals surface area contributed by atoms with E-state index < -0.39 is 11.4 Å². The van der Waals surface area contributed by atoms with Crippen LogP contribution in [0.5, 0.6) is 0 Å². The van der Waals surface area contributed by atoms with Gasteiger partial charge in [0.25, 0.3) is 0 Å². The predicted octanol–water partition coefficient (Wildman–Crippen LogP) is 7.57. The zero-order valence-corrected chi connectivity index (χ0v) is 23.0. The van der Waals surface area contributed by atoms with E-state index in [4.69, 9.17) is 4.52 Å². The lowest BCUT2D eigenvalue weighted by molar-refractivity contribution is -0.177. The first-order valence-corrected chi connectivity index (χ1v) is 14.1. The maximum atomic E-state index is 12.8. The number of carboxylic acids is 1. The van der Waals surface area contributed by atoms with E-state index >= 15 is 0 Å². The van der Waals surface area contributed by atoms with Gasteiger partial charge in [-0.3, -0.25) is 4.79 Å². The van der Waals surface area contributed by atoms with Crippen molar-refractivity contribution in [2.24, 2.45) is 44.8 Å². The van der Waals surface area contributed by atoms with Gasteiger partial charge in [0.05, 0.1) is 11.6 Å². The molecule has 4 nitrogen and oxygen atoms in total. The molecule has 0 spiro atoms. The van der Waals surface area contributed by atoms with Gasteiger partial charge in [0.15, 0.2) is 0 Å². The molecule has 3 saturated carbocycles. The third kappa shape index (κ3) is 2.75. The molecule has 0 saturated heterocycles. The van der Waals surface area contributed by atoms with Crippen molar-refractivity contribution in [3.8, 4) is 0 Å². The molecule has 0 radical (unpaired) electrons. The van der Waals surface area contributed by atoms with E-state index in [1.54, 1.807) is 0 Å². The Bertz CT molecular complexity index is 1110. The Morgan fingerprint density at radius 2 is 1.71 bits per heavy atom. The lowest BCUT2D eigenvalue weighted by Gasteiger charge is -2.70. The van der Waals surface area contributed by atoms with Gasteiger partial charge in [0.1, 0.15) is 5.76 Å². The van der Waals surface area contributed by atoms with Crippen LogP contribution in [0, 0.1) is 44.8 Å². The number of rotatable bonds is 1. The largest absolute Gasteiger partial charge is 0.481 e. The molecule has 5 aliphatic rings. The lowest BCUT2D eigenvalue weighted by Crippen LogP contribution is -2.64. The maximum Gasteiger partial charge on any atom is 0.310 e. The Balaban J connectivity index is 1.47. The average Bonchev–Trinajstić information content (AvgIpc) is 3.22. The molecule has 0 aliphatic heterocycles. The Kier molecular flexibility index (Phi) is 4.65. The Morgan fingerprint density at radius 3 is 2.43 bits per heavy atom. The van der Waals surface area contributed by atoms with E-state index in [9.17, 15) is 9.90 Å². The average molecular weight is 480 g/mol. The summed E-state index contributed by atoms with van der Waals surface area (Å²) in [6.45, 7) is 17.1. The second kappa shape index (κ2) is 6.84. The van der Waals surface area contributed by atoms with Crippen LogP contribution in [0.25, 0.3) is 0 Å². The summed E-state index contributed by atoms with van der Waals surface area (Å²) in [5.74, 6) is 1.90. The maximum absolute atomic E-state index is 12.8. The number of hydrogen-bond donors (Lipinski definition) is 1. The normalized spacial score (nSPS) is 47.3. The summed E-state index contributed by atoms with van der Waals surface area (Å²) < 4.78 is 5.83. The molecule has 5 aliphatic carbocycles. The Morgan fingerprint density at radius 1 is 1.00 bits per heavy atom. The quantitative estimate of drug-likeness (QED) is 0.422. The van der Waals surface area contributed by atoms with Crippen molar-refractivity contribution < 1.29 is 14.4 Å². The Hall–Kier alpha value is -1.58. The molecule has 1 aromatic heterocycles. The van der Waals surface area contributed by atoms with Crippen LogP contribution in [0.3, 0.4) is 0 Å². The van der Waals surface area contributed by atoms with Gasteiger partial charge >= 0.3 is 5.97 Å². The smallest absolute Gasteiger partial charge is 0.310 e. The second-order valence-electron chi connectivity index (χ2n) is 15.3. The number of aromatic nitrogens is 1. The van der Waals surface area contributed by atoms with Gasteiger partial charge in [0.2, 0.25) is 0 Å². The summed E-state index contributed by atoms with van der Waals surface area (Å²) in [6, 6.07) is 0. The second-order valence-corrected chi connectivity index (χ2v) is 15.3. The SMILES string of the molecule is CC1(C)CC[C@]2(C(=O)O)CC[C@]3(C)C(=CC[C@H]4[C@@]5(C)Cc6cnoc6C(C)(C)[C@@H]5CC[C@]43C)[C@@H]2C1. The minimum Gasteiger partial charge on any atom is -0.481 e. The van der Waals surface area contributed by atoms with E-state index in [0.29, 0.717) is 11.8 Å². The minimum atomic E-state index is -0.560. The number of aliphatic carboxylic acids is 1. The van der Waals surface area contributed by atoms with E-state index in [1.165, 1.54) is 24.0 Å². The van der Waals surface area contributed by atoms with Crippen molar-refractivity contribution in [1.29, 1.82) is 0 Å². The molecule has 192 valence electrons. The third-order valence-electron chi connectivity index (χ3n) is 13.0. The standard InChI is InChI=1S/C31H45NO3/c1-26(2)12-14-31(25(33)34)15-13-29(6)20(21(31)17-26)8-9-23-28(5)16-19-18-32-35-24(19)27(3,4)22(28)10-11-30(23,29)7/h8,18,21-23H,9-17H2,1-7H3,(H,33,34)/t21-,22-,23-,28-,29+,30+,31-/m0/s1. The zero-order valence-electron chi connectivity index (χ0n) is 23.0. The van der Waals surface area contributed by atoms with Crippen LogP contribution in [0.2, 0.25) is 0 Å². The molecule has 0 bridgehead atoms. The van der Waals surface area contributed by atoms with Gasteiger partial charge in [-0.05, 0) is 97.2 Å². The number of fused-ring (bicyclic) bond motifs is 8. The highest BCUT2D eigenvalue weighted by Crippen LogP contribution is 2.75. The molecule has 0 unspecified atom stereocenters. The molecule has 1 N–H and O–H groups in total. The molecule has 7 atom stereocenters. The molecule has 3 fully saturated rings. The van der Waals surface area contributed by atoms with Crippen LogP contribution in [-0.4, -0.2) is 16.2 Å². The van der Waals surface area contributed by atoms with Crippen molar-refractivity contribution in [3.05, 3.63) is 29.2 Å². The van der Waals surface area contributed by atoms with Gasteiger partial charge < -0.3 is 9.63 Å². The van der Waals surface area contributed by atoms with Crippen LogP contribution < -0.4 is 0 Å². The van der Waals surface area contributed by atoms with Gasteiger partial charge in [0, 0.05) is 11.0 Å². The lowest BCUT2D eigenvalue weighted by atomic mass is 9.34. The molecular weight excluding hydrogens is 434 g/mol. The summed E-state index contributed by atoms with van der Waals surface area (Å²) in [6.07, 6.45) is 13.8. The monoisotopic (exact) mass is 479 g/mol. The number of hydrogen-bond acceptors (Lipinski definition) is 3. The molecular formula is C31H45NO3. The molecule has 4 heteroatoms. The summed E-state index contributed by atoms with van der Waals surface area (Å²) in [5.41, 5.74) is 2.90. The molecule has 35 heavy (non-hydrogen) atoms. The molecule has 0 aromatic carbocycles. The number of carboxylic acid groups (broad SMARTS) is 1. The Labute approximate surface area is 211 Å². The van der Waals surface area contributed by atoms with Gasteiger partial charge in [-0.1, -0.05) is 65.3 Å². The number of carbonyl (C=O) groups is 1. The third-order valence-corrected chi connectivity index (χ3v) is 13.0. The summed E-state index contributed by atoms with van der Waals surface area (Å²) in [5, 5.41) is 14.8. The van der Waals surface area contributed by atoms with Crippen molar-refractivity contribution in [1.82, 2.24) is 5.16 Å². The van der Waals surface area contributed by atoms with Crippen molar-refractivity contribution in [3.63, 3.8) is 0 Å². The first-order chi connectivity index (χ1) is 16.2. The minimum absolute atomic E-state index is 0.0104. The number of nitrogens with zero attached hydrogens (tertiary/aromatic N) is 1. The van der Waals surface area contributed by atoms with Crippen molar-refractivity contribution in [2.45, 2.75) is 112 Å². The van der Waals surface area contributed by atoms with Crippen molar-refractivity contribution >= 4 is 5.97 Å². The summed E-state index contributed by atoms with van der Waals surface area (Å²) in [7, 11) is 0. The van der Waals surface area contributed by atoms with Crippen LogP contribution in [0.1, 0.15) is 111 Å². The molecule has 1 heterocycles. The zero-order chi connectivity index (χ0) is 25.2. The summed E-state index contributed by atoms with van der Waals surface area (Å²) in [4.78, 5) is 12.8. The molecule has 6 rings (SSSR count). The summed E-state index contributed by atoms with van der Waals surface area (Å²) >= 11 is 0. The highest BCUT2D eigenvalue weighted by molar-refractivity contribution is 5.76. The first kappa shape index (κ1) is 23.8. The number of allylic oxidation sites excluding steroid dienone is 2. The van der Waals surface area contributed by atoms with Crippen LogP contribution in [0.15, 0.2) is 22.4 Å². The van der Waals surface area contributed by atoms with Crippen LogP contribution in [-0.2, 0) is 16.6 Å². The first-order valence-electron chi connectivity index (χ1n) is 14.1. The van der Waals surface area contributed by atoms with E-state index in [-0.39, 0.29) is 33.0 Å². The fraction of sp³-hybridized carbons (Fsp3) is 0.806. The molecule has 1 aromatic rings. The van der Waals surface area contributed by atoms with E-state index in [1.807, 2.05) is 6.20 Å². The fourth-order valence-corrected chi connectivity index (χ4v) is 10.9. The highest BCUT2D eigenvalue weighted by Gasteiger charge is 2.69. The van der Waals surface area contributed by atoms with Gasteiger partial charge in [-0.2, -0.15) is 0 Å². The van der Waals surface area contributed by atoms with E-state index in [0.717, 1.165) is 50.7 Å². The van der Waals surface area contributed by atoms with Crippen LogP contribution in [0.4, 0.5) is 0 Å². The van der Waals surface area contributed by atoms with Crippen molar-refractivity contribution in [2.75, 3.05) is 0 Å². The van der Waals surface area contributed by atoms with E-state index in [2.05, 4.69) is 59.7 Å². The topological polar surface area (TPSA) is 63.3 Å². The van der Waals surface area contributed by atoms with Gasteiger partial charge in [-0.15, -0.1) is 0 Å². The predicted molar refractivity (Wildman–Crippen MR) is 137 cm³/mol. The highest BCUT2D eigenvalue weighted by atomic mass is 16.5. The van der Waals surface area contributed by atoms with Crippen LogP contribution >= 0.6 is 0 Å². The molecule has 0 amide bonds. The fourth-order valence-electron chi connectivity index (χ4n) is 10.9. The van der Waals surface area contributed by atoms with Gasteiger partial charge in [-0.25, -0.2) is 0 Å².